The lowest BCUT2D eigenvalue weighted by molar-refractivity contribution is 0.00886. The summed E-state index contributed by atoms with van der Waals surface area (Å²) < 4.78 is 8.03. The first-order chi connectivity index (χ1) is 11.9. The van der Waals surface area contributed by atoms with Gasteiger partial charge in [-0.2, -0.15) is 5.10 Å². The van der Waals surface area contributed by atoms with Crippen molar-refractivity contribution in [3.05, 3.63) is 43.0 Å². The van der Waals surface area contributed by atoms with Gasteiger partial charge in [-0.1, -0.05) is 18.2 Å². The Bertz CT molecular complexity index is 610. The smallest absolute Gasteiger partial charge is 0.137 e. The van der Waals surface area contributed by atoms with E-state index in [9.17, 15) is 0 Å². The highest BCUT2D eigenvalue weighted by atomic mass is 16.5. The van der Waals surface area contributed by atoms with Crippen LogP contribution in [0.2, 0.25) is 0 Å². The number of benzene rings is 1. The molecule has 3 heterocycles. The summed E-state index contributed by atoms with van der Waals surface area (Å²) >= 11 is 0. The molecule has 0 N–H and O–H groups in total. The molecule has 1 atom stereocenters. The van der Waals surface area contributed by atoms with Gasteiger partial charge in [-0.25, -0.2) is 9.67 Å². The minimum Gasteiger partial charge on any atom is -0.373 e. The number of morpholine rings is 1. The van der Waals surface area contributed by atoms with Gasteiger partial charge in [0.15, 0.2) is 0 Å². The number of hydrogen-bond acceptors (Lipinski definition) is 5. The number of nitrogens with zero attached hydrogens (tertiary/aromatic N) is 5. The average molecular weight is 327 g/mol. The van der Waals surface area contributed by atoms with Gasteiger partial charge >= 0.3 is 0 Å². The predicted molar refractivity (Wildman–Crippen MR) is 93.1 cm³/mol. The summed E-state index contributed by atoms with van der Waals surface area (Å²) in [5.74, 6) is 0. The molecule has 24 heavy (non-hydrogen) atoms. The van der Waals surface area contributed by atoms with Gasteiger partial charge in [-0.3, -0.25) is 0 Å². The van der Waals surface area contributed by atoms with Crippen LogP contribution in [-0.4, -0.2) is 65.1 Å². The van der Waals surface area contributed by atoms with Crippen molar-refractivity contribution >= 4 is 5.69 Å². The van der Waals surface area contributed by atoms with Gasteiger partial charge < -0.3 is 14.5 Å². The van der Waals surface area contributed by atoms with Crippen LogP contribution in [0.3, 0.4) is 0 Å². The molecule has 0 spiro atoms. The van der Waals surface area contributed by atoms with Gasteiger partial charge in [-0.15, -0.1) is 0 Å². The topological polar surface area (TPSA) is 46.4 Å². The summed E-state index contributed by atoms with van der Waals surface area (Å²) in [5.41, 5.74) is 1.30. The van der Waals surface area contributed by atoms with E-state index in [1.807, 2.05) is 11.0 Å². The lowest BCUT2D eigenvalue weighted by Gasteiger charge is -2.39. The van der Waals surface area contributed by atoms with Crippen LogP contribution in [0.15, 0.2) is 43.0 Å². The number of hydrogen-bond donors (Lipinski definition) is 0. The molecule has 0 radical (unpaired) electrons. The fourth-order valence-electron chi connectivity index (χ4n) is 3.76. The van der Waals surface area contributed by atoms with Gasteiger partial charge in [0.05, 0.1) is 18.8 Å². The molecule has 4 rings (SSSR count). The molecule has 6 heteroatoms. The van der Waals surface area contributed by atoms with Gasteiger partial charge in [0.25, 0.3) is 0 Å². The molecule has 2 aromatic rings. The van der Waals surface area contributed by atoms with E-state index in [4.69, 9.17) is 4.74 Å². The third-order valence-electron chi connectivity index (χ3n) is 5.09. The number of para-hydroxylation sites is 1. The standard InChI is InChI=1S/C18H25N5O/c1-2-4-16(5-3-1)22-10-11-24-18(13-22)12-21-8-6-17(7-9-21)23-15-19-14-20-23/h1-5,14-15,17-18H,6-13H2/t18-/m0/s1. The van der Waals surface area contributed by atoms with E-state index >= 15 is 0 Å². The Morgan fingerprint density at radius 1 is 1.08 bits per heavy atom. The minimum absolute atomic E-state index is 0.293. The summed E-state index contributed by atoms with van der Waals surface area (Å²) in [7, 11) is 0. The van der Waals surface area contributed by atoms with Crippen molar-refractivity contribution in [2.45, 2.75) is 25.0 Å². The van der Waals surface area contributed by atoms with E-state index in [1.165, 1.54) is 5.69 Å². The van der Waals surface area contributed by atoms with Gasteiger partial charge in [0, 0.05) is 38.4 Å². The third kappa shape index (κ3) is 3.60. The number of likely N-dealkylation sites (tertiary alicyclic amines) is 1. The second-order valence-electron chi connectivity index (χ2n) is 6.68. The molecule has 6 nitrogen and oxygen atoms in total. The number of aromatic nitrogens is 3. The van der Waals surface area contributed by atoms with E-state index < -0.39 is 0 Å². The van der Waals surface area contributed by atoms with E-state index in [1.54, 1.807) is 6.33 Å². The van der Waals surface area contributed by atoms with E-state index in [0.29, 0.717) is 12.1 Å². The van der Waals surface area contributed by atoms with Crippen molar-refractivity contribution in [3.63, 3.8) is 0 Å². The Morgan fingerprint density at radius 3 is 2.67 bits per heavy atom. The van der Waals surface area contributed by atoms with E-state index in [2.05, 4.69) is 50.2 Å². The van der Waals surface area contributed by atoms with Crippen molar-refractivity contribution in [1.29, 1.82) is 0 Å². The quantitative estimate of drug-likeness (QED) is 0.857. The maximum Gasteiger partial charge on any atom is 0.137 e. The second kappa shape index (κ2) is 7.32. The monoisotopic (exact) mass is 327 g/mol. The Morgan fingerprint density at radius 2 is 1.92 bits per heavy atom. The van der Waals surface area contributed by atoms with E-state index in [0.717, 1.165) is 52.2 Å². The second-order valence-corrected chi connectivity index (χ2v) is 6.68. The molecule has 128 valence electrons. The Hall–Kier alpha value is -1.92. The number of ether oxygens (including phenoxy) is 1. The van der Waals surface area contributed by atoms with Crippen molar-refractivity contribution in [2.24, 2.45) is 0 Å². The van der Waals surface area contributed by atoms with Crippen LogP contribution in [0.25, 0.3) is 0 Å². The highest BCUT2D eigenvalue weighted by Gasteiger charge is 2.26. The van der Waals surface area contributed by atoms with Crippen molar-refractivity contribution < 1.29 is 4.74 Å². The molecule has 0 bridgehead atoms. The molecule has 0 amide bonds. The van der Waals surface area contributed by atoms with Crippen LogP contribution in [0.5, 0.6) is 0 Å². The first kappa shape index (κ1) is 15.6. The van der Waals surface area contributed by atoms with Crippen LogP contribution >= 0.6 is 0 Å². The van der Waals surface area contributed by atoms with Crippen LogP contribution in [0.4, 0.5) is 5.69 Å². The Labute approximate surface area is 143 Å². The van der Waals surface area contributed by atoms with Crippen molar-refractivity contribution in [3.8, 4) is 0 Å². The summed E-state index contributed by atoms with van der Waals surface area (Å²) in [5, 5.41) is 4.28. The average Bonchev–Trinajstić information content (AvgIpc) is 3.18. The SMILES string of the molecule is c1ccc(N2CCO[C@@H](CN3CCC(n4cncn4)CC3)C2)cc1. The zero-order chi connectivity index (χ0) is 16.2. The molecule has 2 fully saturated rings. The maximum absolute atomic E-state index is 6.02. The predicted octanol–water partition coefficient (Wildman–Crippen LogP) is 1.82. The highest BCUT2D eigenvalue weighted by molar-refractivity contribution is 5.46. The molecular formula is C18H25N5O. The van der Waals surface area contributed by atoms with Crippen LogP contribution in [0.1, 0.15) is 18.9 Å². The Balaban J connectivity index is 1.28. The summed E-state index contributed by atoms with van der Waals surface area (Å²) in [6.45, 7) is 6.01. The molecule has 1 aromatic carbocycles. The minimum atomic E-state index is 0.293. The fourth-order valence-corrected chi connectivity index (χ4v) is 3.76. The number of rotatable bonds is 4. The van der Waals surface area contributed by atoms with Crippen LogP contribution < -0.4 is 4.90 Å². The summed E-state index contributed by atoms with van der Waals surface area (Å²) in [6.07, 6.45) is 6.03. The normalized spacial score (nSPS) is 23.5. The molecule has 0 aliphatic carbocycles. The summed E-state index contributed by atoms with van der Waals surface area (Å²) in [6, 6.07) is 11.2. The zero-order valence-corrected chi connectivity index (χ0v) is 14.0. The van der Waals surface area contributed by atoms with Crippen LogP contribution in [-0.2, 0) is 4.74 Å². The first-order valence-electron chi connectivity index (χ1n) is 8.86. The largest absolute Gasteiger partial charge is 0.373 e. The molecule has 0 saturated carbocycles. The Kier molecular flexibility index (Phi) is 4.76. The van der Waals surface area contributed by atoms with E-state index in [-0.39, 0.29) is 0 Å². The van der Waals surface area contributed by atoms with Gasteiger partial charge in [-0.05, 0) is 25.0 Å². The van der Waals surface area contributed by atoms with Crippen molar-refractivity contribution in [2.75, 3.05) is 44.2 Å². The maximum atomic E-state index is 6.02. The van der Waals surface area contributed by atoms with Crippen LogP contribution in [0, 0.1) is 0 Å². The molecule has 2 aliphatic rings. The third-order valence-corrected chi connectivity index (χ3v) is 5.09. The van der Waals surface area contributed by atoms with Gasteiger partial charge in [0.2, 0.25) is 0 Å². The molecule has 2 saturated heterocycles. The lowest BCUT2D eigenvalue weighted by Crippen LogP contribution is -2.49. The number of anilines is 1. The van der Waals surface area contributed by atoms with Gasteiger partial charge in [0.1, 0.15) is 12.7 Å². The lowest BCUT2D eigenvalue weighted by atomic mass is 10.0. The highest BCUT2D eigenvalue weighted by Crippen LogP contribution is 2.23. The summed E-state index contributed by atoms with van der Waals surface area (Å²) in [4.78, 5) is 9.03. The molecular weight excluding hydrogens is 302 g/mol. The fraction of sp³-hybridized carbons (Fsp3) is 0.556. The zero-order valence-electron chi connectivity index (χ0n) is 14.0. The van der Waals surface area contributed by atoms with Crippen molar-refractivity contribution in [1.82, 2.24) is 19.7 Å². The molecule has 1 aromatic heterocycles. The first-order valence-corrected chi connectivity index (χ1v) is 8.86. The molecule has 2 aliphatic heterocycles. The molecule has 0 unspecified atom stereocenters. The number of piperidine rings is 1.